The molecule has 0 bridgehead atoms. The lowest BCUT2D eigenvalue weighted by molar-refractivity contribution is -0.139. The number of carboxylic acid groups (broad SMARTS) is 1. The van der Waals surface area contributed by atoms with Crippen molar-refractivity contribution in [3.05, 3.63) is 12.0 Å². The van der Waals surface area contributed by atoms with Crippen molar-refractivity contribution in [1.82, 2.24) is 14.3 Å². The van der Waals surface area contributed by atoms with Crippen LogP contribution in [0.3, 0.4) is 0 Å². The second kappa shape index (κ2) is 5.92. The van der Waals surface area contributed by atoms with Crippen molar-refractivity contribution in [2.75, 3.05) is 0 Å². The second-order valence-electron chi connectivity index (χ2n) is 4.92. The minimum Gasteiger partial charge on any atom is -0.480 e. The fourth-order valence-electron chi connectivity index (χ4n) is 2.33. The highest BCUT2D eigenvalue weighted by Gasteiger charge is 2.29. The van der Waals surface area contributed by atoms with Gasteiger partial charge in [-0.2, -0.15) is 4.72 Å². The second-order valence-corrected chi connectivity index (χ2v) is 6.58. The minimum absolute atomic E-state index is 0.0627. The van der Waals surface area contributed by atoms with Gasteiger partial charge in [0.25, 0.3) is 10.0 Å². The van der Waals surface area contributed by atoms with E-state index in [4.69, 9.17) is 5.11 Å². The summed E-state index contributed by atoms with van der Waals surface area (Å²) in [6.45, 7) is 2.54. The summed E-state index contributed by atoms with van der Waals surface area (Å²) in [5.74, 6) is -0.408. The van der Waals surface area contributed by atoms with Crippen molar-refractivity contribution in [2.24, 2.45) is 0 Å². The molecule has 2 heterocycles. The summed E-state index contributed by atoms with van der Waals surface area (Å²) in [6, 6.07) is -1.09. The summed E-state index contributed by atoms with van der Waals surface area (Å²) in [7, 11) is -3.85. The Labute approximate surface area is 118 Å². The Hall–Kier alpha value is -1.41. The predicted molar refractivity (Wildman–Crippen MR) is 71.8 cm³/mol. The average molecular weight is 301 g/mol. The van der Waals surface area contributed by atoms with Gasteiger partial charge in [-0.3, -0.25) is 4.79 Å². The lowest BCUT2D eigenvalue weighted by atomic mass is 10.1. The molecule has 7 nitrogen and oxygen atoms in total. The van der Waals surface area contributed by atoms with Crippen molar-refractivity contribution < 1.29 is 18.3 Å². The quantitative estimate of drug-likeness (QED) is 0.774. The molecule has 8 heteroatoms. The molecule has 0 unspecified atom stereocenters. The Bertz CT molecular complexity index is 594. The zero-order valence-electron chi connectivity index (χ0n) is 11.4. The monoisotopic (exact) mass is 301 g/mol. The summed E-state index contributed by atoms with van der Waals surface area (Å²) in [5, 5.41) is 9.17. The number of imidazole rings is 1. The first-order chi connectivity index (χ1) is 9.45. The number of carboxylic acids is 1. The first-order valence-corrected chi connectivity index (χ1v) is 8.23. The molecule has 0 aromatic carbocycles. The van der Waals surface area contributed by atoms with Gasteiger partial charge in [0.05, 0.1) is 6.20 Å². The Morgan fingerprint density at radius 1 is 1.60 bits per heavy atom. The van der Waals surface area contributed by atoms with E-state index < -0.39 is 22.0 Å². The first kappa shape index (κ1) is 15.0. The topological polar surface area (TPSA) is 101 Å². The highest BCUT2D eigenvalue weighted by atomic mass is 32.2. The maximum absolute atomic E-state index is 12.3. The standard InChI is InChI=1S/C12H19N3O4S/c1-2-3-5-9(12(16)17)14-20(18,19)11-8-13-10-6-4-7-15(10)11/h8-9,14H,2-7H2,1H3,(H,16,17)/t9-/m0/s1. The third-order valence-electron chi connectivity index (χ3n) is 3.40. The normalized spacial score (nSPS) is 16.1. The van der Waals surface area contributed by atoms with Gasteiger partial charge in [0, 0.05) is 13.0 Å². The van der Waals surface area contributed by atoms with Crippen LogP contribution in [0.15, 0.2) is 11.2 Å². The maximum atomic E-state index is 12.3. The molecule has 1 atom stereocenters. The first-order valence-electron chi connectivity index (χ1n) is 6.75. The molecule has 1 aromatic heterocycles. The fraction of sp³-hybridized carbons (Fsp3) is 0.667. The van der Waals surface area contributed by atoms with Crippen LogP contribution in [0, 0.1) is 0 Å². The number of nitrogens with zero attached hydrogens (tertiary/aromatic N) is 2. The smallest absolute Gasteiger partial charge is 0.321 e. The summed E-state index contributed by atoms with van der Waals surface area (Å²) in [5.41, 5.74) is 0. The van der Waals surface area contributed by atoms with E-state index in [1.165, 1.54) is 6.20 Å². The molecule has 0 aliphatic carbocycles. The molecule has 0 radical (unpaired) electrons. The number of hydrogen-bond acceptors (Lipinski definition) is 4. The van der Waals surface area contributed by atoms with Crippen molar-refractivity contribution in [3.63, 3.8) is 0 Å². The molecule has 1 aromatic rings. The van der Waals surface area contributed by atoms with E-state index in [2.05, 4.69) is 9.71 Å². The van der Waals surface area contributed by atoms with Crippen LogP contribution in [0.4, 0.5) is 0 Å². The van der Waals surface area contributed by atoms with Gasteiger partial charge in [-0.05, 0) is 12.8 Å². The Morgan fingerprint density at radius 3 is 3.00 bits per heavy atom. The van der Waals surface area contributed by atoms with Gasteiger partial charge >= 0.3 is 5.97 Å². The third-order valence-corrected chi connectivity index (χ3v) is 4.87. The van der Waals surface area contributed by atoms with Gasteiger partial charge in [-0.1, -0.05) is 19.8 Å². The molecule has 0 saturated carbocycles. The molecule has 0 spiro atoms. The highest BCUT2D eigenvalue weighted by Crippen LogP contribution is 2.20. The van der Waals surface area contributed by atoms with Crippen molar-refractivity contribution in [2.45, 2.75) is 56.6 Å². The molecule has 20 heavy (non-hydrogen) atoms. The zero-order chi connectivity index (χ0) is 14.8. The third kappa shape index (κ3) is 3.01. The zero-order valence-corrected chi connectivity index (χ0v) is 12.2. The highest BCUT2D eigenvalue weighted by molar-refractivity contribution is 7.89. The van der Waals surface area contributed by atoms with Crippen LogP contribution in [-0.4, -0.2) is 35.1 Å². The van der Waals surface area contributed by atoms with Gasteiger partial charge in [-0.15, -0.1) is 0 Å². The number of unbranched alkanes of at least 4 members (excludes halogenated alkanes) is 1. The van der Waals surface area contributed by atoms with Crippen LogP contribution in [0.2, 0.25) is 0 Å². The molecule has 0 saturated heterocycles. The number of rotatable bonds is 7. The van der Waals surface area contributed by atoms with E-state index in [0.29, 0.717) is 13.0 Å². The molecule has 0 amide bonds. The van der Waals surface area contributed by atoms with E-state index >= 15 is 0 Å². The van der Waals surface area contributed by atoms with Crippen LogP contribution < -0.4 is 4.72 Å². The molecule has 0 fully saturated rings. The summed E-state index contributed by atoms with van der Waals surface area (Å²) >= 11 is 0. The lowest BCUT2D eigenvalue weighted by Crippen LogP contribution is -2.41. The number of hydrogen-bond donors (Lipinski definition) is 2. The SMILES string of the molecule is CCCC[C@H](NS(=O)(=O)c1cnc2n1CCC2)C(=O)O. The Balaban J connectivity index is 2.19. The lowest BCUT2D eigenvalue weighted by Gasteiger charge is -2.14. The van der Waals surface area contributed by atoms with Crippen LogP contribution in [0.5, 0.6) is 0 Å². The number of aromatic nitrogens is 2. The predicted octanol–water partition coefficient (Wildman–Crippen LogP) is 0.751. The molecule has 1 aliphatic heterocycles. The van der Waals surface area contributed by atoms with Crippen LogP contribution in [0.25, 0.3) is 0 Å². The number of nitrogens with one attached hydrogen (secondary N) is 1. The van der Waals surface area contributed by atoms with E-state index in [1.54, 1.807) is 4.57 Å². The Morgan fingerprint density at radius 2 is 2.35 bits per heavy atom. The van der Waals surface area contributed by atoms with Gasteiger partial charge in [0.2, 0.25) is 0 Å². The molecular weight excluding hydrogens is 282 g/mol. The van der Waals surface area contributed by atoms with Crippen LogP contribution in [0.1, 0.15) is 38.4 Å². The van der Waals surface area contributed by atoms with Crippen LogP contribution >= 0.6 is 0 Å². The number of aryl methyl sites for hydroxylation is 1. The van der Waals surface area contributed by atoms with Crippen molar-refractivity contribution in [3.8, 4) is 0 Å². The van der Waals surface area contributed by atoms with Gasteiger partial charge in [0.15, 0.2) is 5.03 Å². The Kier molecular flexibility index (Phi) is 4.44. The van der Waals surface area contributed by atoms with E-state index in [1.807, 2.05) is 6.92 Å². The molecule has 112 valence electrons. The molecule has 1 aliphatic rings. The number of aliphatic carboxylic acids is 1. The van der Waals surface area contributed by atoms with E-state index in [-0.39, 0.29) is 11.4 Å². The van der Waals surface area contributed by atoms with Crippen molar-refractivity contribution in [1.29, 1.82) is 0 Å². The largest absolute Gasteiger partial charge is 0.480 e. The van der Waals surface area contributed by atoms with E-state index in [0.717, 1.165) is 25.1 Å². The number of carbonyl (C=O) groups is 1. The van der Waals surface area contributed by atoms with Gasteiger partial charge < -0.3 is 9.67 Å². The summed E-state index contributed by atoms with van der Waals surface area (Å²) in [6.07, 6.45) is 4.68. The minimum atomic E-state index is -3.85. The molecule has 2 rings (SSSR count). The van der Waals surface area contributed by atoms with E-state index in [9.17, 15) is 13.2 Å². The fourth-order valence-corrected chi connectivity index (χ4v) is 3.73. The summed E-state index contributed by atoms with van der Waals surface area (Å²) < 4.78 is 28.5. The average Bonchev–Trinajstić information content (AvgIpc) is 2.95. The number of fused-ring (bicyclic) bond motifs is 1. The van der Waals surface area contributed by atoms with Crippen LogP contribution in [-0.2, 0) is 27.8 Å². The molecule has 2 N–H and O–H groups in total. The van der Waals surface area contributed by atoms with Crippen molar-refractivity contribution >= 4 is 16.0 Å². The molecular formula is C12H19N3O4S. The van der Waals surface area contributed by atoms with Gasteiger partial charge in [0.1, 0.15) is 11.9 Å². The maximum Gasteiger partial charge on any atom is 0.321 e. The summed E-state index contributed by atoms with van der Waals surface area (Å²) in [4.78, 5) is 15.2. The van der Waals surface area contributed by atoms with Gasteiger partial charge in [-0.25, -0.2) is 13.4 Å². The number of sulfonamides is 1.